The van der Waals surface area contributed by atoms with Crippen LogP contribution in [0.3, 0.4) is 0 Å². The monoisotopic (exact) mass is 223 g/mol. The van der Waals surface area contributed by atoms with Crippen LogP contribution in [0.2, 0.25) is 0 Å². The molecule has 0 spiro atoms. The summed E-state index contributed by atoms with van der Waals surface area (Å²) in [6, 6.07) is 1.80. The van der Waals surface area contributed by atoms with Gasteiger partial charge in [-0.2, -0.15) is 0 Å². The summed E-state index contributed by atoms with van der Waals surface area (Å²) in [4.78, 5) is 15.3. The van der Waals surface area contributed by atoms with Crippen LogP contribution in [-0.2, 0) is 5.41 Å². The predicted octanol–water partition coefficient (Wildman–Crippen LogP) is 2.39. The van der Waals surface area contributed by atoms with Gasteiger partial charge in [-0.05, 0) is 24.0 Å². The Kier molecular flexibility index (Phi) is 3.21. The number of carboxylic acid groups (broad SMARTS) is 1. The minimum Gasteiger partial charge on any atom is -0.480 e. The molecule has 1 heterocycles. The minimum atomic E-state index is -1.01. The van der Waals surface area contributed by atoms with E-state index in [1.54, 1.807) is 6.07 Å². The molecule has 1 N–H and O–H groups in total. The van der Waals surface area contributed by atoms with Gasteiger partial charge in [-0.3, -0.25) is 0 Å². The summed E-state index contributed by atoms with van der Waals surface area (Å²) in [6.45, 7) is 7.72. The molecule has 0 atom stereocenters. The van der Waals surface area contributed by atoms with Crippen LogP contribution in [-0.4, -0.2) is 23.2 Å². The fourth-order valence-corrected chi connectivity index (χ4v) is 1.59. The summed E-state index contributed by atoms with van der Waals surface area (Å²) >= 11 is 0. The van der Waals surface area contributed by atoms with Crippen LogP contribution in [0.4, 0.5) is 0 Å². The largest absolute Gasteiger partial charge is 0.480 e. The summed E-state index contributed by atoms with van der Waals surface area (Å²) in [7, 11) is 1.43. The fourth-order valence-electron chi connectivity index (χ4n) is 1.59. The zero-order valence-corrected chi connectivity index (χ0v) is 10.3. The zero-order chi connectivity index (χ0) is 12.5. The summed E-state index contributed by atoms with van der Waals surface area (Å²) in [5.41, 5.74) is 1.39. The first-order valence-corrected chi connectivity index (χ1v) is 5.06. The third-order valence-electron chi connectivity index (χ3n) is 2.33. The molecule has 4 nitrogen and oxygen atoms in total. The number of aryl methyl sites for hydroxylation is 1. The number of carboxylic acids is 1. The maximum Gasteiger partial charge on any atom is 0.341 e. The molecule has 0 saturated carbocycles. The van der Waals surface area contributed by atoms with Crippen molar-refractivity contribution >= 4 is 5.97 Å². The smallest absolute Gasteiger partial charge is 0.341 e. The molecule has 88 valence electrons. The molecule has 0 aromatic carbocycles. The molecule has 0 amide bonds. The van der Waals surface area contributed by atoms with E-state index in [0.717, 1.165) is 11.3 Å². The number of nitrogens with zero attached hydrogens (tertiary/aromatic N) is 1. The first kappa shape index (κ1) is 12.5. The lowest BCUT2D eigenvalue weighted by Crippen LogP contribution is -2.19. The standard InChI is InChI=1S/C12H17NO3/c1-7-6-8(12(2,3)4)9(11(14)15)10(13-7)16-5/h6H,1-5H3,(H,14,15). The highest BCUT2D eigenvalue weighted by Crippen LogP contribution is 2.31. The zero-order valence-electron chi connectivity index (χ0n) is 10.3. The van der Waals surface area contributed by atoms with Crippen LogP contribution in [0.25, 0.3) is 0 Å². The normalized spacial score (nSPS) is 11.3. The van der Waals surface area contributed by atoms with Crippen molar-refractivity contribution in [3.05, 3.63) is 22.9 Å². The molecule has 16 heavy (non-hydrogen) atoms. The summed E-state index contributed by atoms with van der Waals surface area (Å²) < 4.78 is 5.03. The third kappa shape index (κ3) is 2.32. The molecule has 1 rings (SSSR count). The lowest BCUT2D eigenvalue weighted by Gasteiger charge is -2.22. The number of methoxy groups -OCH3 is 1. The molecule has 0 aliphatic rings. The summed E-state index contributed by atoms with van der Waals surface area (Å²) in [5.74, 6) is -0.827. The number of aromatic nitrogens is 1. The van der Waals surface area contributed by atoms with Gasteiger partial charge in [0.15, 0.2) is 0 Å². The Morgan fingerprint density at radius 1 is 1.44 bits per heavy atom. The van der Waals surface area contributed by atoms with Crippen LogP contribution in [0, 0.1) is 6.92 Å². The Hall–Kier alpha value is -1.58. The highest BCUT2D eigenvalue weighted by Gasteiger charge is 2.26. The number of rotatable bonds is 2. The van der Waals surface area contributed by atoms with Crippen LogP contribution in [0.1, 0.15) is 42.4 Å². The highest BCUT2D eigenvalue weighted by molar-refractivity contribution is 5.92. The van der Waals surface area contributed by atoms with Gasteiger partial charge < -0.3 is 9.84 Å². The topological polar surface area (TPSA) is 59.4 Å². The Bertz CT molecular complexity index is 419. The number of hydrogen-bond acceptors (Lipinski definition) is 3. The second kappa shape index (κ2) is 4.12. The van der Waals surface area contributed by atoms with Gasteiger partial charge in [-0.15, -0.1) is 0 Å². The van der Waals surface area contributed by atoms with E-state index in [4.69, 9.17) is 4.74 Å². The van der Waals surface area contributed by atoms with Gasteiger partial charge in [0.2, 0.25) is 5.88 Å². The molecule has 1 aromatic heterocycles. The maximum absolute atomic E-state index is 11.2. The van der Waals surface area contributed by atoms with Crippen LogP contribution in [0.15, 0.2) is 6.07 Å². The van der Waals surface area contributed by atoms with Crippen molar-refractivity contribution in [2.45, 2.75) is 33.1 Å². The predicted molar refractivity (Wildman–Crippen MR) is 61.2 cm³/mol. The van der Waals surface area contributed by atoms with E-state index >= 15 is 0 Å². The number of pyridine rings is 1. The average Bonchev–Trinajstić information content (AvgIpc) is 2.14. The second-order valence-electron chi connectivity index (χ2n) is 4.75. The van der Waals surface area contributed by atoms with E-state index in [2.05, 4.69) is 4.98 Å². The van der Waals surface area contributed by atoms with Crippen LogP contribution >= 0.6 is 0 Å². The van der Waals surface area contributed by atoms with Gasteiger partial charge in [-0.1, -0.05) is 20.8 Å². The van der Waals surface area contributed by atoms with Gasteiger partial charge in [-0.25, -0.2) is 9.78 Å². The van der Waals surface area contributed by atoms with Gasteiger partial charge in [0.05, 0.1) is 7.11 Å². The molecule has 0 saturated heterocycles. The Morgan fingerprint density at radius 2 is 2.00 bits per heavy atom. The Labute approximate surface area is 95.3 Å². The summed E-state index contributed by atoms with van der Waals surface area (Å²) in [5, 5.41) is 9.21. The number of aromatic carboxylic acids is 1. The van der Waals surface area contributed by atoms with Crippen LogP contribution < -0.4 is 4.74 Å². The SMILES string of the molecule is COc1nc(C)cc(C(C)(C)C)c1C(=O)O. The van der Waals surface area contributed by atoms with Crippen LogP contribution in [0.5, 0.6) is 5.88 Å². The van der Waals surface area contributed by atoms with Crippen molar-refractivity contribution in [2.75, 3.05) is 7.11 Å². The molecule has 0 fully saturated rings. The van der Waals surface area contributed by atoms with E-state index in [-0.39, 0.29) is 16.9 Å². The van der Waals surface area contributed by atoms with E-state index < -0.39 is 5.97 Å². The Balaban J connectivity index is 3.57. The molecule has 0 bridgehead atoms. The van der Waals surface area contributed by atoms with Gasteiger partial charge in [0.25, 0.3) is 0 Å². The average molecular weight is 223 g/mol. The fraction of sp³-hybridized carbons (Fsp3) is 0.500. The lowest BCUT2D eigenvalue weighted by molar-refractivity contribution is 0.0689. The number of carbonyl (C=O) groups is 1. The van der Waals surface area contributed by atoms with Crippen molar-refractivity contribution in [1.29, 1.82) is 0 Å². The summed E-state index contributed by atoms with van der Waals surface area (Å²) in [6.07, 6.45) is 0. The van der Waals surface area contributed by atoms with Gasteiger partial charge in [0, 0.05) is 5.69 Å². The molecule has 0 radical (unpaired) electrons. The molecule has 0 unspecified atom stereocenters. The van der Waals surface area contributed by atoms with Crippen molar-refractivity contribution in [3.63, 3.8) is 0 Å². The molecule has 4 heteroatoms. The lowest BCUT2D eigenvalue weighted by atomic mass is 9.84. The van der Waals surface area contributed by atoms with E-state index in [0.29, 0.717) is 0 Å². The van der Waals surface area contributed by atoms with E-state index in [9.17, 15) is 9.90 Å². The number of ether oxygens (including phenoxy) is 1. The second-order valence-corrected chi connectivity index (χ2v) is 4.75. The third-order valence-corrected chi connectivity index (χ3v) is 2.33. The molecule has 0 aliphatic heterocycles. The van der Waals surface area contributed by atoms with Crippen molar-refractivity contribution in [1.82, 2.24) is 4.98 Å². The first-order chi connectivity index (χ1) is 7.27. The highest BCUT2D eigenvalue weighted by atomic mass is 16.5. The quantitative estimate of drug-likeness (QED) is 0.836. The minimum absolute atomic E-state index is 0.153. The van der Waals surface area contributed by atoms with E-state index in [1.165, 1.54) is 7.11 Å². The number of hydrogen-bond donors (Lipinski definition) is 1. The van der Waals surface area contributed by atoms with Gasteiger partial charge >= 0.3 is 5.97 Å². The first-order valence-electron chi connectivity index (χ1n) is 5.06. The van der Waals surface area contributed by atoms with Crippen molar-refractivity contribution < 1.29 is 14.6 Å². The molecule has 1 aromatic rings. The molecular weight excluding hydrogens is 206 g/mol. The van der Waals surface area contributed by atoms with Crippen molar-refractivity contribution in [3.8, 4) is 5.88 Å². The maximum atomic E-state index is 11.2. The molecule has 0 aliphatic carbocycles. The van der Waals surface area contributed by atoms with E-state index in [1.807, 2.05) is 27.7 Å². The Morgan fingerprint density at radius 3 is 2.38 bits per heavy atom. The van der Waals surface area contributed by atoms with Crippen molar-refractivity contribution in [2.24, 2.45) is 0 Å². The van der Waals surface area contributed by atoms with Gasteiger partial charge in [0.1, 0.15) is 5.56 Å². The molecular formula is C12H17NO3.